The third-order valence-corrected chi connectivity index (χ3v) is 15.1. The standard InChI is InChI=1S/C66H43BN4/c1-4-17-44(18-5-1)46-31-35-49(36-32-46)69-61-29-16-30-62-65(61)67(55-40-39-51(43-63(55)69)70-57-26-13-10-23-52(57)53-24-11-14-27-58(53)70)56-41-42-60-64(54-25-12-15-28-59(54)68(60)48-21-8-3-9-22-48)66(56)71(62)50-37-33-47(34-38-50)45-19-6-2-7-20-45/h1-43H. The first kappa shape index (κ1) is 39.7. The molecule has 2 aromatic heterocycles. The molecule has 0 saturated carbocycles. The van der Waals surface area contributed by atoms with Crippen molar-refractivity contribution < 1.29 is 0 Å². The normalized spacial score (nSPS) is 12.7. The summed E-state index contributed by atoms with van der Waals surface area (Å²) in [6, 6.07) is 96.1. The van der Waals surface area contributed by atoms with Gasteiger partial charge < -0.3 is 18.9 Å². The molecule has 0 radical (unpaired) electrons. The number of hydrogen-bond donors (Lipinski definition) is 0. The highest BCUT2D eigenvalue weighted by Crippen LogP contribution is 2.49. The van der Waals surface area contributed by atoms with E-state index in [1.807, 2.05) is 0 Å². The number of anilines is 6. The van der Waals surface area contributed by atoms with Crippen LogP contribution in [-0.2, 0) is 0 Å². The van der Waals surface area contributed by atoms with Crippen molar-refractivity contribution in [2.24, 2.45) is 0 Å². The summed E-state index contributed by atoms with van der Waals surface area (Å²) in [4.78, 5) is 5.09. The Kier molecular flexibility index (Phi) is 8.72. The van der Waals surface area contributed by atoms with Gasteiger partial charge in [0.05, 0.1) is 27.8 Å². The zero-order valence-electron chi connectivity index (χ0n) is 38.7. The van der Waals surface area contributed by atoms with Gasteiger partial charge in [-0.15, -0.1) is 0 Å². The van der Waals surface area contributed by atoms with Crippen LogP contribution in [-0.4, -0.2) is 15.8 Å². The lowest BCUT2D eigenvalue weighted by Crippen LogP contribution is -2.61. The highest BCUT2D eigenvalue weighted by molar-refractivity contribution is 7.00. The highest BCUT2D eigenvalue weighted by atomic mass is 15.2. The average molecular weight is 903 g/mol. The Morgan fingerprint density at radius 2 is 0.718 bits per heavy atom. The summed E-state index contributed by atoms with van der Waals surface area (Å²) >= 11 is 0. The molecule has 4 nitrogen and oxygen atoms in total. The van der Waals surface area contributed by atoms with Gasteiger partial charge in [-0.3, -0.25) is 0 Å². The van der Waals surface area contributed by atoms with Crippen LogP contribution >= 0.6 is 0 Å². The maximum atomic E-state index is 2.57. The van der Waals surface area contributed by atoms with Crippen molar-refractivity contribution in [2.75, 3.05) is 9.80 Å². The van der Waals surface area contributed by atoms with Gasteiger partial charge in [0, 0.05) is 61.4 Å². The van der Waals surface area contributed by atoms with Crippen LogP contribution in [0.25, 0.3) is 77.2 Å². The van der Waals surface area contributed by atoms with Crippen molar-refractivity contribution in [2.45, 2.75) is 0 Å². The number of rotatable bonds is 6. The van der Waals surface area contributed by atoms with Crippen LogP contribution in [0.1, 0.15) is 0 Å². The molecule has 2 aliphatic heterocycles. The van der Waals surface area contributed by atoms with E-state index in [0.29, 0.717) is 0 Å². The lowest BCUT2D eigenvalue weighted by molar-refractivity contribution is 1.17. The topological polar surface area (TPSA) is 16.3 Å². The molecule has 2 aliphatic rings. The molecule has 0 atom stereocenters. The van der Waals surface area contributed by atoms with Crippen molar-refractivity contribution in [1.29, 1.82) is 0 Å². The van der Waals surface area contributed by atoms with Crippen molar-refractivity contribution in [3.63, 3.8) is 0 Å². The fraction of sp³-hybridized carbons (Fsp3) is 0. The van der Waals surface area contributed by atoms with Crippen LogP contribution in [0.5, 0.6) is 0 Å². The van der Waals surface area contributed by atoms with E-state index in [1.165, 1.54) is 105 Å². The minimum absolute atomic E-state index is 0.0682. The molecule has 0 spiro atoms. The quantitative estimate of drug-likeness (QED) is 0.155. The molecular formula is C66H43BN4. The monoisotopic (exact) mass is 902 g/mol. The van der Waals surface area contributed by atoms with Gasteiger partial charge in [-0.1, -0.05) is 176 Å². The van der Waals surface area contributed by atoms with Crippen LogP contribution in [0.15, 0.2) is 261 Å². The molecule has 4 heterocycles. The second-order valence-electron chi connectivity index (χ2n) is 18.8. The molecule has 71 heavy (non-hydrogen) atoms. The molecule has 0 bridgehead atoms. The fourth-order valence-corrected chi connectivity index (χ4v) is 12.1. The Hall–Kier alpha value is -9.32. The summed E-state index contributed by atoms with van der Waals surface area (Å²) < 4.78 is 4.90. The zero-order chi connectivity index (χ0) is 46.6. The summed E-state index contributed by atoms with van der Waals surface area (Å²) in [6.45, 7) is -0.0682. The summed E-state index contributed by atoms with van der Waals surface area (Å²) in [6.07, 6.45) is 0. The minimum Gasteiger partial charge on any atom is -0.311 e. The third-order valence-electron chi connectivity index (χ3n) is 15.1. The lowest BCUT2D eigenvalue weighted by Gasteiger charge is -2.44. The van der Waals surface area contributed by atoms with Gasteiger partial charge in [0.25, 0.3) is 6.71 Å². The first-order valence-electron chi connectivity index (χ1n) is 24.5. The average Bonchev–Trinajstić information content (AvgIpc) is 3.97. The molecule has 330 valence electrons. The first-order valence-corrected chi connectivity index (χ1v) is 24.5. The Bertz CT molecular complexity index is 4160. The summed E-state index contributed by atoms with van der Waals surface area (Å²) in [5, 5.41) is 4.97. The molecular weight excluding hydrogens is 860 g/mol. The number of hydrogen-bond acceptors (Lipinski definition) is 2. The van der Waals surface area contributed by atoms with E-state index >= 15 is 0 Å². The fourth-order valence-electron chi connectivity index (χ4n) is 12.1. The van der Waals surface area contributed by atoms with E-state index in [-0.39, 0.29) is 6.71 Å². The van der Waals surface area contributed by atoms with E-state index in [0.717, 1.165) is 22.7 Å². The molecule has 13 aromatic rings. The number of fused-ring (bicyclic) bond motifs is 11. The molecule has 5 heteroatoms. The van der Waals surface area contributed by atoms with E-state index in [4.69, 9.17) is 0 Å². The SMILES string of the molecule is c1ccc(-c2ccc(N3c4cc(-n5c6ccccc6c6ccccc65)ccc4B4c5ccc6c(c5N(c5ccc(-c7ccccc7)cc5)c5cccc3c54)c3ccccc3n6-c3ccccc3)cc2)cc1. The molecule has 15 rings (SSSR count). The Labute approximate surface area is 412 Å². The van der Waals surface area contributed by atoms with Gasteiger partial charge in [0.1, 0.15) is 0 Å². The molecule has 0 N–H and O–H groups in total. The Balaban J connectivity index is 1.03. The minimum atomic E-state index is -0.0682. The number of para-hydroxylation sites is 4. The van der Waals surface area contributed by atoms with Crippen LogP contribution < -0.4 is 26.2 Å². The predicted molar refractivity (Wildman–Crippen MR) is 300 cm³/mol. The van der Waals surface area contributed by atoms with Crippen molar-refractivity contribution in [3.05, 3.63) is 261 Å². The molecule has 0 saturated heterocycles. The molecule has 0 amide bonds. The smallest absolute Gasteiger partial charge is 0.252 e. The van der Waals surface area contributed by atoms with E-state index < -0.39 is 0 Å². The first-order chi connectivity index (χ1) is 35.3. The predicted octanol–water partition coefficient (Wildman–Crippen LogP) is 15.3. The molecule has 0 aliphatic carbocycles. The second-order valence-corrected chi connectivity index (χ2v) is 18.8. The maximum absolute atomic E-state index is 2.57. The largest absolute Gasteiger partial charge is 0.311 e. The number of benzene rings is 11. The van der Waals surface area contributed by atoms with Gasteiger partial charge >= 0.3 is 0 Å². The summed E-state index contributed by atoms with van der Waals surface area (Å²) in [7, 11) is 0. The molecule has 0 fully saturated rings. The number of aromatic nitrogens is 2. The summed E-state index contributed by atoms with van der Waals surface area (Å²) in [5.41, 5.74) is 22.6. The molecule has 11 aromatic carbocycles. The van der Waals surface area contributed by atoms with E-state index in [1.54, 1.807) is 0 Å². The van der Waals surface area contributed by atoms with Crippen molar-refractivity contribution >= 4 is 101 Å². The van der Waals surface area contributed by atoms with Crippen LogP contribution in [0, 0.1) is 0 Å². The number of nitrogens with zero attached hydrogens (tertiary/aromatic N) is 4. The maximum Gasteiger partial charge on any atom is 0.252 e. The van der Waals surface area contributed by atoms with Gasteiger partial charge in [-0.25, -0.2) is 0 Å². The van der Waals surface area contributed by atoms with Gasteiger partial charge in [0.15, 0.2) is 0 Å². The highest BCUT2D eigenvalue weighted by Gasteiger charge is 2.44. The van der Waals surface area contributed by atoms with Crippen LogP contribution in [0.2, 0.25) is 0 Å². The second kappa shape index (κ2) is 15.6. The summed E-state index contributed by atoms with van der Waals surface area (Å²) in [5.74, 6) is 0. The van der Waals surface area contributed by atoms with Gasteiger partial charge in [-0.2, -0.15) is 0 Å². The van der Waals surface area contributed by atoms with E-state index in [9.17, 15) is 0 Å². The zero-order valence-corrected chi connectivity index (χ0v) is 38.7. The van der Waals surface area contributed by atoms with Gasteiger partial charge in [0.2, 0.25) is 0 Å². The molecule has 0 unspecified atom stereocenters. The van der Waals surface area contributed by atoms with Gasteiger partial charge in [-0.05, 0) is 124 Å². The van der Waals surface area contributed by atoms with E-state index in [2.05, 4.69) is 280 Å². The Morgan fingerprint density at radius 1 is 0.268 bits per heavy atom. The third kappa shape index (κ3) is 5.93. The van der Waals surface area contributed by atoms with Crippen LogP contribution in [0.3, 0.4) is 0 Å². The lowest BCUT2D eigenvalue weighted by atomic mass is 9.33. The Morgan fingerprint density at radius 3 is 1.32 bits per heavy atom. The van der Waals surface area contributed by atoms with Crippen molar-refractivity contribution in [1.82, 2.24) is 9.13 Å². The van der Waals surface area contributed by atoms with Crippen molar-refractivity contribution in [3.8, 4) is 33.6 Å². The van der Waals surface area contributed by atoms with Crippen LogP contribution in [0.4, 0.5) is 34.1 Å².